The molecule has 1 aliphatic rings. The number of halogens is 1. The molecule has 0 aromatic heterocycles. The Kier molecular flexibility index (Phi) is 3.82. The molecule has 0 radical (unpaired) electrons. The molecule has 6 heteroatoms. The van der Waals surface area contributed by atoms with Crippen LogP contribution in [-0.4, -0.2) is 29.7 Å². The van der Waals surface area contributed by atoms with Gasteiger partial charge in [0.25, 0.3) is 5.69 Å². The topological polar surface area (TPSA) is 55.6 Å². The van der Waals surface area contributed by atoms with Gasteiger partial charge in [-0.05, 0) is 32.9 Å². The fourth-order valence-electron chi connectivity index (χ4n) is 2.55. The van der Waals surface area contributed by atoms with E-state index < -0.39 is 0 Å². The summed E-state index contributed by atoms with van der Waals surface area (Å²) in [6, 6.07) is 5.16. The molecule has 0 bridgehead atoms. The van der Waals surface area contributed by atoms with Gasteiger partial charge in [0.2, 0.25) is 0 Å². The van der Waals surface area contributed by atoms with Crippen molar-refractivity contribution in [3.63, 3.8) is 0 Å². The van der Waals surface area contributed by atoms with Crippen LogP contribution >= 0.6 is 15.9 Å². The third kappa shape index (κ3) is 3.25. The lowest BCUT2D eigenvalue weighted by atomic mass is 10.0. The summed E-state index contributed by atoms with van der Waals surface area (Å²) in [5.74, 6) is 0. The number of nitro benzene ring substituents is 1. The number of rotatable bonds is 2. The molecular formula is C13H17BrN2O3. The number of nitro groups is 1. The van der Waals surface area contributed by atoms with E-state index in [-0.39, 0.29) is 22.3 Å². The monoisotopic (exact) mass is 328 g/mol. The highest BCUT2D eigenvalue weighted by Crippen LogP contribution is 2.34. The molecular weight excluding hydrogens is 312 g/mol. The molecule has 0 amide bonds. The van der Waals surface area contributed by atoms with Crippen molar-refractivity contribution < 1.29 is 9.66 Å². The third-order valence-electron chi connectivity index (χ3n) is 3.04. The van der Waals surface area contributed by atoms with Crippen molar-refractivity contribution in [1.82, 2.24) is 0 Å². The molecule has 1 aliphatic heterocycles. The Bertz CT molecular complexity index is 505. The summed E-state index contributed by atoms with van der Waals surface area (Å²) >= 11 is 3.28. The van der Waals surface area contributed by atoms with E-state index in [2.05, 4.69) is 15.9 Å². The highest BCUT2D eigenvalue weighted by molar-refractivity contribution is 9.10. The van der Waals surface area contributed by atoms with Crippen molar-refractivity contribution in [3.8, 4) is 0 Å². The Balaban J connectivity index is 2.38. The second kappa shape index (κ2) is 5.09. The van der Waals surface area contributed by atoms with Crippen LogP contribution in [0.3, 0.4) is 0 Å². The van der Waals surface area contributed by atoms with Gasteiger partial charge in [0.05, 0.1) is 16.6 Å². The van der Waals surface area contributed by atoms with E-state index in [1.165, 1.54) is 0 Å². The van der Waals surface area contributed by atoms with E-state index in [1.54, 1.807) is 12.1 Å². The Hall–Kier alpha value is -1.14. The Morgan fingerprint density at radius 1 is 1.53 bits per heavy atom. The van der Waals surface area contributed by atoms with Crippen LogP contribution in [0, 0.1) is 10.1 Å². The minimum absolute atomic E-state index is 0.0481. The number of nitrogens with zero attached hydrogens (tertiary/aromatic N) is 2. The summed E-state index contributed by atoms with van der Waals surface area (Å²) in [5, 5.41) is 11.2. The zero-order valence-corrected chi connectivity index (χ0v) is 12.8. The molecule has 1 atom stereocenters. The third-order valence-corrected chi connectivity index (χ3v) is 3.54. The first-order valence-electron chi connectivity index (χ1n) is 6.15. The van der Waals surface area contributed by atoms with Gasteiger partial charge < -0.3 is 9.64 Å². The largest absolute Gasteiger partial charge is 0.369 e. The van der Waals surface area contributed by atoms with Crippen LogP contribution in [0.1, 0.15) is 20.8 Å². The first kappa shape index (κ1) is 14.3. The van der Waals surface area contributed by atoms with E-state index in [1.807, 2.05) is 31.7 Å². The van der Waals surface area contributed by atoms with Crippen molar-refractivity contribution in [3.05, 3.63) is 32.8 Å². The van der Waals surface area contributed by atoms with Crippen molar-refractivity contribution >= 4 is 27.3 Å². The van der Waals surface area contributed by atoms with E-state index >= 15 is 0 Å². The van der Waals surface area contributed by atoms with Crippen molar-refractivity contribution in [1.29, 1.82) is 0 Å². The fraction of sp³-hybridized carbons (Fsp3) is 0.538. The SMILES string of the molecule is CC1CN(c2ccc(Br)cc2[N+](=O)[O-])CC(C)(C)O1. The highest BCUT2D eigenvalue weighted by Gasteiger charge is 2.33. The van der Waals surface area contributed by atoms with E-state index in [9.17, 15) is 10.1 Å². The molecule has 0 spiro atoms. The van der Waals surface area contributed by atoms with Gasteiger partial charge in [-0.3, -0.25) is 10.1 Å². The van der Waals surface area contributed by atoms with Gasteiger partial charge >= 0.3 is 0 Å². The summed E-state index contributed by atoms with van der Waals surface area (Å²) in [7, 11) is 0. The lowest BCUT2D eigenvalue weighted by molar-refractivity contribution is -0.384. The zero-order chi connectivity index (χ0) is 14.2. The number of hydrogen-bond acceptors (Lipinski definition) is 4. The van der Waals surface area contributed by atoms with Gasteiger partial charge in [0.1, 0.15) is 5.69 Å². The number of hydrogen-bond donors (Lipinski definition) is 0. The van der Waals surface area contributed by atoms with Gasteiger partial charge in [0.15, 0.2) is 0 Å². The normalized spacial score (nSPS) is 22.3. The van der Waals surface area contributed by atoms with Crippen molar-refractivity contribution in [2.75, 3.05) is 18.0 Å². The van der Waals surface area contributed by atoms with E-state index in [0.29, 0.717) is 23.2 Å². The summed E-state index contributed by atoms with van der Waals surface area (Å²) in [5.41, 5.74) is 0.467. The van der Waals surface area contributed by atoms with Gasteiger partial charge in [-0.15, -0.1) is 0 Å². The van der Waals surface area contributed by atoms with Gasteiger partial charge in [0, 0.05) is 23.6 Å². The average Bonchev–Trinajstić information content (AvgIpc) is 2.25. The Labute approximate surface area is 120 Å². The maximum Gasteiger partial charge on any atom is 0.293 e. The molecule has 1 aromatic rings. The fourth-order valence-corrected chi connectivity index (χ4v) is 2.90. The number of morpholine rings is 1. The van der Waals surface area contributed by atoms with E-state index in [0.717, 1.165) is 0 Å². The maximum atomic E-state index is 11.2. The van der Waals surface area contributed by atoms with Crippen molar-refractivity contribution in [2.45, 2.75) is 32.5 Å². The van der Waals surface area contributed by atoms with Crippen LogP contribution in [0.2, 0.25) is 0 Å². The molecule has 0 N–H and O–H groups in total. The molecule has 0 aliphatic carbocycles. The molecule has 2 rings (SSSR count). The second-order valence-electron chi connectivity index (χ2n) is 5.46. The Morgan fingerprint density at radius 3 is 2.79 bits per heavy atom. The molecule has 1 fully saturated rings. The van der Waals surface area contributed by atoms with Crippen LogP contribution in [-0.2, 0) is 4.74 Å². The minimum Gasteiger partial charge on any atom is -0.369 e. The summed E-state index contributed by atoms with van der Waals surface area (Å²) < 4.78 is 6.54. The van der Waals surface area contributed by atoms with Crippen molar-refractivity contribution in [2.24, 2.45) is 0 Å². The lowest BCUT2D eigenvalue weighted by Crippen LogP contribution is -2.52. The standard InChI is InChI=1S/C13H17BrN2O3/c1-9-7-15(8-13(2,3)19-9)11-5-4-10(14)6-12(11)16(17)18/h4-6,9H,7-8H2,1-3H3. The molecule has 1 aromatic carbocycles. The smallest absolute Gasteiger partial charge is 0.293 e. The quantitative estimate of drug-likeness (QED) is 0.617. The molecule has 0 saturated carbocycles. The highest BCUT2D eigenvalue weighted by atomic mass is 79.9. The molecule has 1 heterocycles. The maximum absolute atomic E-state index is 11.2. The molecule has 104 valence electrons. The average molecular weight is 329 g/mol. The van der Waals surface area contributed by atoms with Crippen LogP contribution in [0.5, 0.6) is 0 Å². The van der Waals surface area contributed by atoms with Gasteiger partial charge in [-0.25, -0.2) is 0 Å². The van der Waals surface area contributed by atoms with Gasteiger partial charge in [-0.2, -0.15) is 0 Å². The minimum atomic E-state index is -0.340. The van der Waals surface area contributed by atoms with Crippen LogP contribution in [0.15, 0.2) is 22.7 Å². The number of ether oxygens (including phenoxy) is 1. The molecule has 1 unspecified atom stereocenters. The predicted molar refractivity (Wildman–Crippen MR) is 77.6 cm³/mol. The van der Waals surface area contributed by atoms with Crippen LogP contribution in [0.4, 0.5) is 11.4 Å². The number of anilines is 1. The molecule has 19 heavy (non-hydrogen) atoms. The van der Waals surface area contributed by atoms with Crippen LogP contribution < -0.4 is 4.90 Å². The molecule has 5 nitrogen and oxygen atoms in total. The Morgan fingerprint density at radius 2 is 2.21 bits per heavy atom. The summed E-state index contributed by atoms with van der Waals surface area (Å²) in [4.78, 5) is 12.9. The van der Waals surface area contributed by atoms with Crippen LogP contribution in [0.25, 0.3) is 0 Å². The first-order valence-corrected chi connectivity index (χ1v) is 6.94. The molecule has 1 saturated heterocycles. The van der Waals surface area contributed by atoms with E-state index in [4.69, 9.17) is 4.74 Å². The summed E-state index contributed by atoms with van der Waals surface area (Å²) in [6.45, 7) is 7.28. The second-order valence-corrected chi connectivity index (χ2v) is 6.37. The predicted octanol–water partition coefficient (Wildman–Crippen LogP) is 3.36. The summed E-state index contributed by atoms with van der Waals surface area (Å²) in [6.07, 6.45) is 0.0481. The van der Waals surface area contributed by atoms with Gasteiger partial charge in [-0.1, -0.05) is 15.9 Å². The zero-order valence-electron chi connectivity index (χ0n) is 11.2. The number of benzene rings is 1. The lowest BCUT2D eigenvalue weighted by Gasteiger charge is -2.42. The first-order chi connectivity index (χ1) is 8.78.